The number of rotatable bonds is 1. The Bertz CT molecular complexity index is 1730. The molecular formula is C32H28N2Si-. The summed E-state index contributed by atoms with van der Waals surface area (Å²) in [7, 11) is -2.30. The molecule has 0 saturated heterocycles. The number of nitrogens with zero attached hydrogens (tertiary/aromatic N) is 2. The smallest absolute Gasteiger partial charge is 0.0688 e. The third-order valence-corrected chi connectivity index (χ3v) is 14.9. The van der Waals surface area contributed by atoms with Crippen molar-refractivity contribution >= 4 is 52.0 Å². The van der Waals surface area contributed by atoms with Crippen molar-refractivity contribution < 1.29 is 0 Å². The van der Waals surface area contributed by atoms with E-state index in [4.69, 9.17) is 0 Å². The molecule has 35 heavy (non-hydrogen) atoms. The Morgan fingerprint density at radius 2 is 1.14 bits per heavy atom. The molecule has 171 valence electrons. The maximum absolute atomic E-state index is 2.92. The number of hydrogen-bond donors (Lipinski definition) is 0. The zero-order chi connectivity index (χ0) is 22.9. The fourth-order valence-corrected chi connectivity index (χ4v) is 14.4. The van der Waals surface area contributed by atoms with E-state index in [1.54, 1.807) is 0 Å². The van der Waals surface area contributed by atoms with Gasteiger partial charge in [-0.3, -0.25) is 0 Å². The third kappa shape index (κ3) is 2.10. The first-order chi connectivity index (χ1) is 17.2. The van der Waals surface area contributed by atoms with Crippen LogP contribution in [0.1, 0.15) is 25.7 Å². The highest BCUT2D eigenvalue weighted by Crippen LogP contribution is 2.59. The summed E-state index contributed by atoms with van der Waals surface area (Å²) in [6.07, 6.45) is 5.72. The van der Waals surface area contributed by atoms with E-state index in [9.17, 15) is 0 Å². The lowest BCUT2D eigenvalue weighted by Gasteiger charge is -2.53. The highest BCUT2D eigenvalue weighted by molar-refractivity contribution is 6.81. The third-order valence-electron chi connectivity index (χ3n) is 10.0. The molecule has 9 rings (SSSR count). The second-order valence-electron chi connectivity index (χ2n) is 11.5. The van der Waals surface area contributed by atoms with Gasteiger partial charge < -0.3 is 8.47 Å². The summed E-state index contributed by atoms with van der Waals surface area (Å²) < 4.78 is 5.84. The topological polar surface area (TPSA) is 9.86 Å². The molecule has 0 radical (unpaired) electrons. The quantitative estimate of drug-likeness (QED) is 0.214. The van der Waals surface area contributed by atoms with Crippen LogP contribution in [0, 0.1) is 11.8 Å². The lowest BCUT2D eigenvalue weighted by Crippen LogP contribution is -2.53. The molecule has 2 fully saturated rings. The molecule has 2 aliphatic carbocycles. The van der Waals surface area contributed by atoms with E-state index in [1.807, 2.05) is 0 Å². The van der Waals surface area contributed by atoms with Gasteiger partial charge in [0.15, 0.2) is 0 Å². The van der Waals surface area contributed by atoms with Gasteiger partial charge >= 0.3 is 0 Å². The highest BCUT2D eigenvalue weighted by Gasteiger charge is 2.47. The van der Waals surface area contributed by atoms with Gasteiger partial charge in [-0.2, -0.15) is 0 Å². The van der Waals surface area contributed by atoms with E-state index in [0.717, 1.165) is 17.4 Å². The van der Waals surface area contributed by atoms with Crippen molar-refractivity contribution in [3.05, 3.63) is 84.9 Å². The molecule has 2 bridgehead atoms. The van der Waals surface area contributed by atoms with Crippen LogP contribution < -0.4 is 0 Å². The van der Waals surface area contributed by atoms with Crippen LogP contribution in [-0.4, -0.2) is 16.9 Å². The molecule has 2 saturated carbocycles. The Balaban J connectivity index is 1.59. The number of para-hydroxylation sites is 4. The van der Waals surface area contributed by atoms with E-state index in [-0.39, 0.29) is 0 Å². The molecule has 2 aromatic heterocycles. The molecule has 3 heteroatoms. The SMILES string of the molecule is C[Si-]1(C2CC3CCC2C3)n2c3ccccc3c3cccc(c32)-c2cccc3c4ccccc4n1c23. The van der Waals surface area contributed by atoms with Crippen LogP contribution in [0.25, 0.3) is 54.7 Å². The molecule has 3 heterocycles. The van der Waals surface area contributed by atoms with Crippen molar-refractivity contribution in [2.75, 3.05) is 0 Å². The standard InChI is InChI=1S/C32H28N2Si/c1-35(30-19-20-16-17-21(30)18-20)33-28-14-4-2-8-22(28)24-10-6-12-26(31(24)33)27-13-7-11-25-23-9-3-5-15-29(23)34(35)32(25)27/h2-15,20-21,30H,16-19H2,1H3/q-1. The molecule has 3 atom stereocenters. The molecular weight excluding hydrogens is 440 g/mol. The van der Waals surface area contributed by atoms with Crippen molar-refractivity contribution in [1.29, 1.82) is 0 Å². The summed E-state index contributed by atoms with van der Waals surface area (Å²) in [6.45, 7) is 2.72. The van der Waals surface area contributed by atoms with Crippen LogP contribution in [0.5, 0.6) is 0 Å². The van der Waals surface area contributed by atoms with Crippen LogP contribution in [0.15, 0.2) is 84.9 Å². The fraction of sp³-hybridized carbons (Fsp3) is 0.250. The van der Waals surface area contributed by atoms with Crippen LogP contribution >= 0.6 is 0 Å². The van der Waals surface area contributed by atoms with Gasteiger partial charge in [0, 0.05) is 54.7 Å². The minimum absolute atomic E-state index is 0.762. The molecule has 0 N–H and O–H groups in total. The molecule has 4 aromatic carbocycles. The second-order valence-corrected chi connectivity index (χ2v) is 15.3. The van der Waals surface area contributed by atoms with Crippen molar-refractivity contribution in [2.24, 2.45) is 11.8 Å². The van der Waals surface area contributed by atoms with Gasteiger partial charge in [-0.15, -0.1) is 12.1 Å². The predicted octanol–water partition coefficient (Wildman–Crippen LogP) is 8.54. The average Bonchev–Trinajstić information content (AvgIpc) is 3.66. The number of fused-ring (bicyclic) bond motifs is 9. The van der Waals surface area contributed by atoms with Gasteiger partial charge in [0.2, 0.25) is 0 Å². The zero-order valence-corrected chi connectivity index (χ0v) is 21.0. The molecule has 2 nitrogen and oxygen atoms in total. The van der Waals surface area contributed by atoms with Gasteiger partial charge in [-0.1, -0.05) is 104 Å². The molecule has 1 aliphatic heterocycles. The van der Waals surface area contributed by atoms with Crippen molar-refractivity contribution in [1.82, 2.24) is 8.47 Å². The lowest BCUT2D eigenvalue weighted by atomic mass is 9.99. The normalized spacial score (nSPS) is 24.2. The van der Waals surface area contributed by atoms with Gasteiger partial charge in [-0.25, -0.2) is 0 Å². The Hall–Kier alpha value is -3.30. The van der Waals surface area contributed by atoms with Crippen LogP contribution in [-0.2, 0) is 0 Å². The average molecular weight is 469 g/mol. The maximum Gasteiger partial charge on any atom is 0.0688 e. The van der Waals surface area contributed by atoms with Gasteiger partial charge in [0.25, 0.3) is 0 Å². The first kappa shape index (κ1) is 19.0. The summed E-state index contributed by atoms with van der Waals surface area (Å²) in [6, 6.07) is 32.5. The van der Waals surface area contributed by atoms with Crippen molar-refractivity contribution in [2.45, 2.75) is 37.8 Å². The largest absolute Gasteiger partial charge is 0.476 e. The highest BCUT2D eigenvalue weighted by atomic mass is 28.3. The van der Waals surface area contributed by atoms with Gasteiger partial charge in [0.05, 0.1) is 8.40 Å². The molecule has 6 aromatic rings. The second kappa shape index (κ2) is 6.27. The number of aromatic nitrogens is 2. The fourth-order valence-electron chi connectivity index (χ4n) is 8.76. The predicted molar refractivity (Wildman–Crippen MR) is 149 cm³/mol. The Kier molecular flexibility index (Phi) is 3.40. The minimum Gasteiger partial charge on any atom is -0.476 e. The van der Waals surface area contributed by atoms with Crippen LogP contribution in [0.2, 0.25) is 12.1 Å². The lowest BCUT2D eigenvalue weighted by molar-refractivity contribution is 0.462. The Morgan fingerprint density at radius 1 is 0.600 bits per heavy atom. The number of benzene rings is 4. The zero-order valence-electron chi connectivity index (χ0n) is 20.0. The summed E-state index contributed by atoms with van der Waals surface area (Å²) in [4.78, 5) is 0. The van der Waals surface area contributed by atoms with E-state index in [0.29, 0.717) is 0 Å². The van der Waals surface area contributed by atoms with Gasteiger partial charge in [0.1, 0.15) is 0 Å². The molecule has 0 spiro atoms. The minimum atomic E-state index is -2.30. The molecule has 0 amide bonds. The molecule has 3 aliphatic rings. The van der Waals surface area contributed by atoms with E-state index >= 15 is 0 Å². The number of hydrogen-bond acceptors (Lipinski definition) is 0. The maximum atomic E-state index is 2.92. The first-order valence-corrected chi connectivity index (χ1v) is 15.8. The first-order valence-electron chi connectivity index (χ1n) is 13.3. The van der Waals surface area contributed by atoms with Crippen LogP contribution in [0.3, 0.4) is 0 Å². The Morgan fingerprint density at radius 3 is 1.66 bits per heavy atom. The molecule has 3 unspecified atom stereocenters. The van der Waals surface area contributed by atoms with E-state index in [1.165, 1.54) is 80.4 Å². The summed E-state index contributed by atoms with van der Waals surface area (Å²) in [5.41, 5.74) is 9.41. The van der Waals surface area contributed by atoms with Crippen LogP contribution in [0.4, 0.5) is 0 Å². The Labute approximate surface area is 205 Å². The van der Waals surface area contributed by atoms with Crippen molar-refractivity contribution in [3.63, 3.8) is 0 Å². The monoisotopic (exact) mass is 468 g/mol. The van der Waals surface area contributed by atoms with E-state index in [2.05, 4.69) is 99.9 Å². The summed E-state index contributed by atoms with van der Waals surface area (Å²) in [5, 5.41) is 5.68. The van der Waals surface area contributed by atoms with Gasteiger partial charge in [-0.05, 0) is 18.1 Å². The summed E-state index contributed by atoms with van der Waals surface area (Å²) >= 11 is 0. The van der Waals surface area contributed by atoms with Crippen molar-refractivity contribution in [3.8, 4) is 11.1 Å². The summed E-state index contributed by atoms with van der Waals surface area (Å²) in [5.74, 6) is 1.79. The van der Waals surface area contributed by atoms with E-state index < -0.39 is 8.40 Å².